The van der Waals surface area contributed by atoms with Crippen molar-refractivity contribution in [2.24, 2.45) is 0 Å². The third-order valence-corrected chi connectivity index (χ3v) is 4.61. The minimum absolute atomic E-state index is 0.0389. The highest BCUT2D eigenvalue weighted by atomic mass is 79.9. The molecule has 0 aliphatic rings. The van der Waals surface area contributed by atoms with Crippen LogP contribution >= 0.6 is 50.5 Å². The van der Waals surface area contributed by atoms with Crippen LogP contribution in [0.5, 0.6) is 0 Å². The van der Waals surface area contributed by atoms with Gasteiger partial charge in [0.1, 0.15) is 0 Å². The van der Waals surface area contributed by atoms with E-state index < -0.39 is 0 Å². The minimum atomic E-state index is -0.0389. The van der Waals surface area contributed by atoms with Gasteiger partial charge in [-0.2, -0.15) is 0 Å². The molecule has 88 valence electrons. The lowest BCUT2D eigenvalue weighted by molar-refractivity contribution is 0.103. The highest BCUT2D eigenvalue weighted by Crippen LogP contribution is 2.29. The Hall–Kier alpha value is -0.350. The summed E-state index contributed by atoms with van der Waals surface area (Å²) in [7, 11) is 0. The zero-order chi connectivity index (χ0) is 12.6. The van der Waals surface area contributed by atoms with Crippen LogP contribution in [0.15, 0.2) is 28.1 Å². The highest BCUT2D eigenvalue weighted by Gasteiger charge is 2.15. The number of thiophene rings is 1. The summed E-state index contributed by atoms with van der Waals surface area (Å²) in [5.41, 5.74) is 1.24. The van der Waals surface area contributed by atoms with Gasteiger partial charge < -0.3 is 0 Å². The van der Waals surface area contributed by atoms with Crippen molar-refractivity contribution < 1.29 is 4.79 Å². The van der Waals surface area contributed by atoms with Crippen molar-refractivity contribution in [3.8, 4) is 0 Å². The fraction of sp³-hybridized carbons (Fsp3) is 0.0833. The van der Waals surface area contributed by atoms with Crippen LogP contribution in [-0.4, -0.2) is 5.78 Å². The molecule has 0 radical (unpaired) electrons. The number of hydrogen-bond donors (Lipinski definition) is 0. The summed E-state index contributed by atoms with van der Waals surface area (Å²) >= 11 is 16.6. The van der Waals surface area contributed by atoms with Gasteiger partial charge in [-0.25, -0.2) is 0 Å². The molecule has 0 atom stereocenters. The zero-order valence-corrected chi connectivity index (χ0v) is 12.7. The summed E-state index contributed by atoms with van der Waals surface area (Å²) in [5, 5.41) is 0.843. The van der Waals surface area contributed by atoms with Gasteiger partial charge in [0.15, 0.2) is 5.78 Å². The summed E-state index contributed by atoms with van der Waals surface area (Å²) in [6.45, 7) is 1.92. The number of hydrogen-bond acceptors (Lipinski definition) is 2. The van der Waals surface area contributed by atoms with E-state index in [9.17, 15) is 4.79 Å². The Morgan fingerprint density at radius 2 is 1.94 bits per heavy atom. The number of rotatable bonds is 2. The van der Waals surface area contributed by atoms with E-state index >= 15 is 0 Å². The van der Waals surface area contributed by atoms with E-state index in [2.05, 4.69) is 15.9 Å². The Morgan fingerprint density at radius 1 is 1.24 bits per heavy atom. The van der Waals surface area contributed by atoms with E-state index in [1.54, 1.807) is 18.2 Å². The molecule has 1 nitrogen and oxygen atoms in total. The first-order valence-corrected chi connectivity index (χ1v) is 7.11. The van der Waals surface area contributed by atoms with Gasteiger partial charge in [-0.3, -0.25) is 4.79 Å². The van der Waals surface area contributed by atoms with Gasteiger partial charge in [0.05, 0.1) is 13.8 Å². The molecular formula is C12H7BrCl2OS. The number of ketones is 1. The monoisotopic (exact) mass is 348 g/mol. The van der Waals surface area contributed by atoms with Crippen LogP contribution in [0.3, 0.4) is 0 Å². The average Bonchev–Trinajstić information content (AvgIpc) is 2.61. The van der Waals surface area contributed by atoms with Crippen molar-refractivity contribution in [3.63, 3.8) is 0 Å². The second-order valence-electron chi connectivity index (χ2n) is 3.48. The quantitative estimate of drug-likeness (QED) is 0.667. The lowest BCUT2D eigenvalue weighted by Gasteiger charge is -2.02. The molecule has 0 saturated carbocycles. The summed E-state index contributed by atoms with van der Waals surface area (Å²) in [6.07, 6.45) is 0. The van der Waals surface area contributed by atoms with E-state index in [4.69, 9.17) is 23.2 Å². The molecule has 17 heavy (non-hydrogen) atoms. The molecule has 1 aromatic carbocycles. The Labute approximate surface area is 121 Å². The third kappa shape index (κ3) is 2.74. The molecule has 5 heteroatoms. The molecule has 2 rings (SSSR count). The van der Waals surface area contributed by atoms with E-state index in [1.807, 2.05) is 13.0 Å². The van der Waals surface area contributed by atoms with Crippen LogP contribution in [0.4, 0.5) is 0 Å². The number of aryl methyl sites for hydroxylation is 1. The smallest absolute Gasteiger partial charge is 0.194 e. The van der Waals surface area contributed by atoms with Crippen molar-refractivity contribution in [1.82, 2.24) is 0 Å². The van der Waals surface area contributed by atoms with Crippen LogP contribution in [0.1, 0.15) is 20.8 Å². The normalized spacial score (nSPS) is 10.6. The Balaban J connectivity index is 2.44. The van der Waals surface area contributed by atoms with Crippen molar-refractivity contribution in [3.05, 3.63) is 54.1 Å². The van der Waals surface area contributed by atoms with Crippen LogP contribution in [0.25, 0.3) is 0 Å². The Bertz CT molecular complexity index is 592. The van der Waals surface area contributed by atoms with E-state index in [0.29, 0.717) is 21.2 Å². The van der Waals surface area contributed by atoms with Crippen molar-refractivity contribution in [2.75, 3.05) is 0 Å². The molecular weight excluding hydrogens is 343 g/mol. The van der Waals surface area contributed by atoms with Crippen molar-refractivity contribution in [2.45, 2.75) is 6.92 Å². The fourth-order valence-corrected chi connectivity index (χ4v) is 3.45. The van der Waals surface area contributed by atoms with Crippen molar-refractivity contribution >= 4 is 56.3 Å². The van der Waals surface area contributed by atoms with Crippen LogP contribution in [-0.2, 0) is 0 Å². The van der Waals surface area contributed by atoms with Gasteiger partial charge in [0, 0.05) is 16.0 Å². The predicted octanol–water partition coefficient (Wildman–Crippen LogP) is 5.36. The lowest BCUT2D eigenvalue weighted by Crippen LogP contribution is -2.01. The number of carbonyl (C=O) groups excluding carboxylic acids is 1. The second kappa shape index (κ2) is 5.11. The largest absolute Gasteiger partial charge is 0.289 e. The molecule has 0 spiro atoms. The first-order chi connectivity index (χ1) is 7.99. The summed E-state index contributed by atoms with van der Waals surface area (Å²) in [4.78, 5) is 13.2. The molecule has 0 N–H and O–H groups in total. The van der Waals surface area contributed by atoms with E-state index in [1.165, 1.54) is 11.3 Å². The average molecular weight is 350 g/mol. The van der Waals surface area contributed by atoms with Gasteiger partial charge in [-0.15, -0.1) is 11.3 Å². The highest BCUT2D eigenvalue weighted by molar-refractivity contribution is 9.11. The van der Waals surface area contributed by atoms with Gasteiger partial charge in [-0.05, 0) is 47.1 Å². The number of benzene rings is 1. The van der Waals surface area contributed by atoms with Crippen LogP contribution in [0, 0.1) is 6.92 Å². The molecule has 0 amide bonds. The maximum absolute atomic E-state index is 12.2. The third-order valence-electron chi connectivity index (χ3n) is 2.31. The van der Waals surface area contributed by atoms with Gasteiger partial charge in [-0.1, -0.05) is 23.2 Å². The molecule has 0 unspecified atom stereocenters. The zero-order valence-electron chi connectivity index (χ0n) is 8.76. The Morgan fingerprint density at radius 3 is 2.47 bits per heavy atom. The van der Waals surface area contributed by atoms with E-state index in [0.717, 1.165) is 8.66 Å². The number of carbonyl (C=O) groups is 1. The first-order valence-electron chi connectivity index (χ1n) is 4.74. The maximum Gasteiger partial charge on any atom is 0.194 e. The standard InChI is InChI=1S/C12H7BrCl2OS/c1-6-8(5-11(13)17-6)12(16)7-2-3-9(14)10(15)4-7/h2-5H,1H3. The molecule has 0 aliphatic heterocycles. The predicted molar refractivity (Wildman–Crippen MR) is 76.7 cm³/mol. The second-order valence-corrected chi connectivity index (χ2v) is 6.93. The molecule has 0 bridgehead atoms. The Kier molecular flexibility index (Phi) is 3.93. The topological polar surface area (TPSA) is 17.1 Å². The minimum Gasteiger partial charge on any atom is -0.289 e. The molecule has 1 aromatic heterocycles. The molecule has 1 heterocycles. The number of halogens is 3. The SMILES string of the molecule is Cc1sc(Br)cc1C(=O)c1ccc(Cl)c(Cl)c1. The molecule has 2 aromatic rings. The van der Waals surface area contributed by atoms with Gasteiger partial charge in [0.25, 0.3) is 0 Å². The lowest BCUT2D eigenvalue weighted by atomic mass is 10.0. The van der Waals surface area contributed by atoms with Crippen LogP contribution in [0.2, 0.25) is 10.0 Å². The van der Waals surface area contributed by atoms with Gasteiger partial charge >= 0.3 is 0 Å². The summed E-state index contributed by atoms with van der Waals surface area (Å²) < 4.78 is 0.943. The summed E-state index contributed by atoms with van der Waals surface area (Å²) in [5.74, 6) is -0.0389. The van der Waals surface area contributed by atoms with Crippen molar-refractivity contribution in [1.29, 1.82) is 0 Å². The molecule has 0 aliphatic carbocycles. The first kappa shape index (κ1) is 13.1. The molecule has 0 saturated heterocycles. The maximum atomic E-state index is 12.2. The molecule has 0 fully saturated rings. The van der Waals surface area contributed by atoms with E-state index in [-0.39, 0.29) is 5.78 Å². The van der Waals surface area contributed by atoms with Gasteiger partial charge in [0.2, 0.25) is 0 Å². The summed E-state index contributed by atoms with van der Waals surface area (Å²) in [6, 6.07) is 6.73. The fourth-order valence-electron chi connectivity index (χ4n) is 1.46. The van der Waals surface area contributed by atoms with Crippen LogP contribution < -0.4 is 0 Å².